The predicted octanol–water partition coefficient (Wildman–Crippen LogP) is 5.87. The zero-order chi connectivity index (χ0) is 28.4. The van der Waals surface area contributed by atoms with Crippen molar-refractivity contribution < 1.29 is 17.9 Å². The van der Waals surface area contributed by atoms with Crippen LogP contribution in [0.5, 0.6) is 5.75 Å². The third-order valence-electron chi connectivity index (χ3n) is 6.91. The van der Waals surface area contributed by atoms with Gasteiger partial charge in [-0.25, -0.2) is 14.6 Å². The lowest BCUT2D eigenvalue weighted by Gasteiger charge is -2.32. The van der Waals surface area contributed by atoms with E-state index in [2.05, 4.69) is 25.5 Å². The average molecular weight is 579 g/mol. The first-order valence-corrected chi connectivity index (χ1v) is 13.9. The van der Waals surface area contributed by atoms with Crippen molar-refractivity contribution in [3.8, 4) is 22.8 Å². The number of alkyl halides is 3. The molecule has 41 heavy (non-hydrogen) atoms. The second-order valence-electron chi connectivity index (χ2n) is 9.76. The maximum absolute atomic E-state index is 13.7. The Morgan fingerprint density at radius 3 is 2.49 bits per heavy atom. The van der Waals surface area contributed by atoms with Gasteiger partial charge in [0.05, 0.1) is 27.6 Å². The number of hydrogen-bond acceptors (Lipinski definition) is 9. The molecule has 5 heterocycles. The summed E-state index contributed by atoms with van der Waals surface area (Å²) in [5.41, 5.74) is 1.84. The van der Waals surface area contributed by atoms with Crippen molar-refractivity contribution in [2.45, 2.75) is 38.5 Å². The molecule has 1 aliphatic rings. The smallest absolute Gasteiger partial charge is 0.418 e. The van der Waals surface area contributed by atoms with Gasteiger partial charge in [0, 0.05) is 30.6 Å². The molecular formula is C28H25F3N8OS. The Kier molecular flexibility index (Phi) is 7.35. The molecule has 0 aliphatic carbocycles. The van der Waals surface area contributed by atoms with Gasteiger partial charge < -0.3 is 9.64 Å². The quantitative estimate of drug-likeness (QED) is 0.237. The average Bonchev–Trinajstić information content (AvgIpc) is 3.69. The Morgan fingerprint density at radius 2 is 1.80 bits per heavy atom. The molecule has 0 atom stereocenters. The first-order chi connectivity index (χ1) is 19.8. The van der Waals surface area contributed by atoms with Crippen LogP contribution in [0.25, 0.3) is 17.1 Å². The molecular weight excluding hydrogens is 553 g/mol. The van der Waals surface area contributed by atoms with Crippen LogP contribution in [0.1, 0.15) is 40.6 Å². The summed E-state index contributed by atoms with van der Waals surface area (Å²) in [5.74, 6) is 1.51. The number of tetrazole rings is 1. The zero-order valence-corrected chi connectivity index (χ0v) is 22.8. The van der Waals surface area contributed by atoms with Crippen LogP contribution in [-0.2, 0) is 12.8 Å². The summed E-state index contributed by atoms with van der Waals surface area (Å²) in [6, 6.07) is 13.3. The molecule has 1 aromatic carbocycles. The highest BCUT2D eigenvalue weighted by Crippen LogP contribution is 2.38. The first kappa shape index (κ1) is 26.8. The molecule has 0 saturated carbocycles. The summed E-state index contributed by atoms with van der Waals surface area (Å²) >= 11 is 1.61. The number of rotatable bonds is 7. The van der Waals surface area contributed by atoms with E-state index < -0.39 is 11.7 Å². The predicted molar refractivity (Wildman–Crippen MR) is 147 cm³/mol. The van der Waals surface area contributed by atoms with Crippen molar-refractivity contribution in [1.82, 2.24) is 35.2 Å². The van der Waals surface area contributed by atoms with Gasteiger partial charge in [-0.2, -0.15) is 13.2 Å². The lowest BCUT2D eigenvalue weighted by Crippen LogP contribution is -2.33. The van der Waals surface area contributed by atoms with E-state index in [9.17, 15) is 13.2 Å². The minimum absolute atomic E-state index is 0.147. The monoisotopic (exact) mass is 578 g/mol. The number of pyridine rings is 2. The number of nitrogens with zero attached hydrogens (tertiary/aromatic N) is 8. The van der Waals surface area contributed by atoms with Gasteiger partial charge in [0.25, 0.3) is 0 Å². The molecule has 1 fully saturated rings. The highest BCUT2D eigenvalue weighted by atomic mass is 32.1. The van der Waals surface area contributed by atoms with Crippen molar-refractivity contribution in [3.63, 3.8) is 0 Å². The van der Waals surface area contributed by atoms with Gasteiger partial charge in [-0.1, -0.05) is 6.07 Å². The summed E-state index contributed by atoms with van der Waals surface area (Å²) in [6.45, 7) is 3.53. The maximum Gasteiger partial charge on any atom is 0.418 e. The second kappa shape index (κ2) is 11.2. The molecule has 0 N–H and O–H groups in total. The minimum atomic E-state index is -4.52. The van der Waals surface area contributed by atoms with Crippen LogP contribution in [0.2, 0.25) is 0 Å². The van der Waals surface area contributed by atoms with E-state index in [-0.39, 0.29) is 17.3 Å². The summed E-state index contributed by atoms with van der Waals surface area (Å²) < 4.78 is 48.7. The number of anilines is 1. The largest absolute Gasteiger partial charge is 0.487 e. The number of piperidine rings is 1. The van der Waals surface area contributed by atoms with E-state index in [1.165, 1.54) is 12.4 Å². The standard InChI is InChI=1S/C28H25F3N8OS/c1-18-2-8-24(32-14-18)26-23(28(29,30)31)7-9-25(35-26)38-12-10-19(11-13-38)27-34-20(16-41-27)15-40-22-5-3-21(4-6-22)39-17-33-36-37-39/h2-9,14,16-17,19H,10-13,15H2,1H3. The molecule has 210 valence electrons. The van der Waals surface area contributed by atoms with Crippen LogP contribution in [0.4, 0.5) is 19.0 Å². The number of aromatic nitrogens is 7. The number of halogens is 3. The molecule has 9 nitrogen and oxygen atoms in total. The van der Waals surface area contributed by atoms with Gasteiger partial charge in [-0.15, -0.1) is 16.4 Å². The van der Waals surface area contributed by atoms with Gasteiger partial charge in [-0.05, 0) is 78.2 Å². The third kappa shape index (κ3) is 6.04. The molecule has 0 spiro atoms. The van der Waals surface area contributed by atoms with Crippen molar-refractivity contribution >= 4 is 17.2 Å². The zero-order valence-electron chi connectivity index (χ0n) is 22.0. The van der Waals surface area contributed by atoms with Crippen LogP contribution in [-0.4, -0.2) is 48.2 Å². The number of hydrogen-bond donors (Lipinski definition) is 0. The van der Waals surface area contributed by atoms with Gasteiger partial charge >= 0.3 is 6.18 Å². The van der Waals surface area contributed by atoms with Crippen LogP contribution in [0.3, 0.4) is 0 Å². The molecule has 0 unspecified atom stereocenters. The number of thiazole rings is 1. The second-order valence-corrected chi connectivity index (χ2v) is 10.6. The molecule has 0 bridgehead atoms. The fourth-order valence-corrected chi connectivity index (χ4v) is 5.70. The Labute approximate surface area is 237 Å². The number of ether oxygens (including phenoxy) is 1. The van der Waals surface area contributed by atoms with E-state index >= 15 is 0 Å². The highest BCUT2D eigenvalue weighted by Gasteiger charge is 2.35. The summed E-state index contributed by atoms with van der Waals surface area (Å²) in [7, 11) is 0. The first-order valence-electron chi connectivity index (χ1n) is 13.0. The summed E-state index contributed by atoms with van der Waals surface area (Å²) in [5, 5.41) is 14.2. The normalized spacial score (nSPS) is 14.4. The molecule has 0 radical (unpaired) electrons. The molecule has 13 heteroatoms. The van der Waals surface area contributed by atoms with Crippen molar-refractivity contribution in [2.75, 3.05) is 18.0 Å². The van der Waals surface area contributed by atoms with Crippen molar-refractivity contribution in [2.24, 2.45) is 0 Å². The van der Waals surface area contributed by atoms with Crippen molar-refractivity contribution in [3.05, 3.63) is 88.3 Å². The lowest BCUT2D eigenvalue weighted by molar-refractivity contribution is -0.137. The lowest BCUT2D eigenvalue weighted by atomic mass is 9.97. The van der Waals surface area contributed by atoms with Gasteiger partial charge in [0.2, 0.25) is 0 Å². The van der Waals surface area contributed by atoms with E-state index in [1.54, 1.807) is 34.3 Å². The minimum Gasteiger partial charge on any atom is -0.487 e. The van der Waals surface area contributed by atoms with Crippen LogP contribution >= 0.6 is 11.3 Å². The fourth-order valence-electron chi connectivity index (χ4n) is 4.72. The third-order valence-corrected chi connectivity index (χ3v) is 7.97. The maximum atomic E-state index is 13.7. The molecule has 4 aromatic heterocycles. The molecule has 6 rings (SSSR count). The van der Waals surface area contributed by atoms with E-state index in [1.807, 2.05) is 41.5 Å². The summed E-state index contributed by atoms with van der Waals surface area (Å²) in [4.78, 5) is 15.5. The van der Waals surface area contributed by atoms with E-state index in [0.717, 1.165) is 40.9 Å². The van der Waals surface area contributed by atoms with Crippen molar-refractivity contribution in [1.29, 1.82) is 0 Å². The SMILES string of the molecule is Cc1ccc(-c2nc(N3CCC(c4nc(COc5ccc(-n6cnnn6)cc5)cs4)CC3)ccc2C(F)(F)F)nc1. The van der Waals surface area contributed by atoms with Gasteiger partial charge in [0.1, 0.15) is 30.2 Å². The Hall–Kier alpha value is -4.39. The molecule has 1 aliphatic heterocycles. The van der Waals surface area contributed by atoms with Gasteiger partial charge in [-0.3, -0.25) is 4.98 Å². The molecule has 5 aromatic rings. The summed E-state index contributed by atoms with van der Waals surface area (Å²) in [6.07, 6.45) is 0.209. The van der Waals surface area contributed by atoms with E-state index in [0.29, 0.717) is 31.3 Å². The van der Waals surface area contributed by atoms with Crippen LogP contribution in [0, 0.1) is 6.92 Å². The Morgan fingerprint density at radius 1 is 1.00 bits per heavy atom. The van der Waals surface area contributed by atoms with Crippen LogP contribution in [0.15, 0.2) is 66.4 Å². The number of aryl methyl sites for hydroxylation is 1. The Balaban J connectivity index is 1.08. The number of benzene rings is 1. The topological polar surface area (TPSA) is 94.7 Å². The fraction of sp³-hybridized carbons (Fsp3) is 0.286. The van der Waals surface area contributed by atoms with Gasteiger partial charge in [0.15, 0.2) is 0 Å². The Bertz CT molecular complexity index is 1600. The van der Waals surface area contributed by atoms with E-state index in [4.69, 9.17) is 9.72 Å². The van der Waals surface area contributed by atoms with Crippen LogP contribution < -0.4 is 9.64 Å². The molecule has 1 saturated heterocycles. The molecule has 0 amide bonds. The highest BCUT2D eigenvalue weighted by molar-refractivity contribution is 7.09.